The summed E-state index contributed by atoms with van der Waals surface area (Å²) in [4.78, 5) is 24.0. The topological polar surface area (TPSA) is 39.1 Å². The van der Waals surface area contributed by atoms with Crippen LogP contribution in [0.3, 0.4) is 0 Å². The first-order valence-corrected chi connectivity index (χ1v) is 7.14. The van der Waals surface area contributed by atoms with E-state index in [9.17, 15) is 14.0 Å². The number of halogens is 2. The van der Waals surface area contributed by atoms with E-state index in [2.05, 4.69) is 0 Å². The third-order valence-electron chi connectivity index (χ3n) is 3.77. The summed E-state index contributed by atoms with van der Waals surface area (Å²) in [7, 11) is 0. The molecule has 0 atom stereocenters. The second kappa shape index (κ2) is 5.45. The second-order valence-electron chi connectivity index (χ2n) is 5.11. The second-order valence-corrected chi connectivity index (χ2v) is 5.49. The molecule has 0 saturated heterocycles. The summed E-state index contributed by atoms with van der Waals surface area (Å²) < 4.78 is 15.0. The van der Waals surface area contributed by atoms with Gasteiger partial charge in [0.25, 0.3) is 5.56 Å². The molecule has 1 aliphatic carbocycles. The standard InChI is InChI=1S/C16H13ClFNO2/c17-16-10(3-1-4-12(16)18)9-19-13-5-2-6-14(20)11(13)7-8-15(19)21/h1,3-4,7-8H,2,5-6,9H2. The van der Waals surface area contributed by atoms with Gasteiger partial charge < -0.3 is 4.57 Å². The molecule has 21 heavy (non-hydrogen) atoms. The molecule has 2 aromatic rings. The number of rotatable bonds is 2. The Labute approximate surface area is 126 Å². The molecule has 0 saturated carbocycles. The van der Waals surface area contributed by atoms with Gasteiger partial charge in [-0.3, -0.25) is 9.59 Å². The molecule has 0 amide bonds. The van der Waals surface area contributed by atoms with Gasteiger partial charge in [-0.15, -0.1) is 0 Å². The van der Waals surface area contributed by atoms with E-state index >= 15 is 0 Å². The van der Waals surface area contributed by atoms with Crippen molar-refractivity contribution in [2.45, 2.75) is 25.8 Å². The molecule has 1 aliphatic rings. The number of pyridine rings is 1. The number of hydrogen-bond donors (Lipinski definition) is 0. The number of ketones is 1. The Morgan fingerprint density at radius 1 is 1.14 bits per heavy atom. The molecule has 1 heterocycles. The summed E-state index contributed by atoms with van der Waals surface area (Å²) in [6, 6.07) is 7.49. The van der Waals surface area contributed by atoms with Crippen molar-refractivity contribution in [1.82, 2.24) is 4.57 Å². The maximum atomic E-state index is 13.5. The molecule has 3 nitrogen and oxygen atoms in total. The van der Waals surface area contributed by atoms with Crippen LogP contribution in [0.2, 0.25) is 5.02 Å². The summed E-state index contributed by atoms with van der Waals surface area (Å²) in [5.74, 6) is -0.460. The van der Waals surface area contributed by atoms with E-state index in [1.807, 2.05) is 0 Å². The van der Waals surface area contributed by atoms with E-state index in [4.69, 9.17) is 11.6 Å². The van der Waals surface area contributed by atoms with Crippen LogP contribution in [0.5, 0.6) is 0 Å². The van der Waals surface area contributed by atoms with E-state index in [1.54, 1.807) is 18.2 Å². The molecule has 0 spiro atoms. The molecule has 0 radical (unpaired) electrons. The van der Waals surface area contributed by atoms with Crippen LogP contribution in [0.25, 0.3) is 0 Å². The fourth-order valence-electron chi connectivity index (χ4n) is 2.71. The molecule has 0 unspecified atom stereocenters. The van der Waals surface area contributed by atoms with Crippen LogP contribution in [-0.2, 0) is 13.0 Å². The number of carbonyl (C=O) groups excluding carboxylic acids is 1. The van der Waals surface area contributed by atoms with Gasteiger partial charge in [-0.05, 0) is 30.5 Å². The van der Waals surface area contributed by atoms with Crippen molar-refractivity contribution in [2.75, 3.05) is 0 Å². The maximum absolute atomic E-state index is 13.5. The highest BCUT2D eigenvalue weighted by molar-refractivity contribution is 6.31. The van der Waals surface area contributed by atoms with Crippen molar-refractivity contribution >= 4 is 17.4 Å². The highest BCUT2D eigenvalue weighted by Crippen LogP contribution is 2.23. The van der Waals surface area contributed by atoms with Gasteiger partial charge in [-0.2, -0.15) is 0 Å². The summed E-state index contributed by atoms with van der Waals surface area (Å²) >= 11 is 5.95. The van der Waals surface area contributed by atoms with Crippen molar-refractivity contribution in [3.63, 3.8) is 0 Å². The van der Waals surface area contributed by atoms with Crippen LogP contribution in [0.4, 0.5) is 4.39 Å². The third kappa shape index (κ3) is 2.51. The Balaban J connectivity index is 2.11. The monoisotopic (exact) mass is 305 g/mol. The number of Topliss-reactive ketones (excluding diaryl/α,β-unsaturated/α-hetero) is 1. The molecular weight excluding hydrogens is 293 g/mol. The zero-order chi connectivity index (χ0) is 15.0. The van der Waals surface area contributed by atoms with Gasteiger partial charge in [0.05, 0.1) is 11.6 Å². The molecule has 108 valence electrons. The quantitative estimate of drug-likeness (QED) is 0.854. The minimum atomic E-state index is -0.511. The molecule has 3 rings (SSSR count). The van der Waals surface area contributed by atoms with Gasteiger partial charge in [0.2, 0.25) is 0 Å². The van der Waals surface area contributed by atoms with E-state index in [0.717, 1.165) is 12.1 Å². The minimum Gasteiger partial charge on any atom is -0.307 e. The average molecular weight is 306 g/mol. The first-order valence-electron chi connectivity index (χ1n) is 6.77. The number of carbonyl (C=O) groups is 1. The van der Waals surface area contributed by atoms with Gasteiger partial charge in [-0.25, -0.2) is 4.39 Å². The molecule has 5 heteroatoms. The Bertz CT molecular complexity index is 782. The van der Waals surface area contributed by atoms with Gasteiger partial charge in [0.15, 0.2) is 5.78 Å². The molecule has 1 aromatic heterocycles. The normalized spacial score (nSPS) is 14.1. The lowest BCUT2D eigenvalue weighted by atomic mass is 9.94. The van der Waals surface area contributed by atoms with E-state index in [1.165, 1.54) is 16.7 Å². The molecule has 0 aliphatic heterocycles. The fourth-order valence-corrected chi connectivity index (χ4v) is 2.89. The Morgan fingerprint density at radius 2 is 1.95 bits per heavy atom. The predicted octanol–water partition coefficient (Wildman–Crippen LogP) is 3.21. The summed E-state index contributed by atoms with van der Waals surface area (Å²) in [6.07, 6.45) is 1.90. The van der Waals surface area contributed by atoms with Crippen LogP contribution in [0.15, 0.2) is 35.1 Å². The molecule has 0 fully saturated rings. The van der Waals surface area contributed by atoms with Gasteiger partial charge in [0, 0.05) is 23.7 Å². The number of aromatic nitrogens is 1. The van der Waals surface area contributed by atoms with E-state index in [-0.39, 0.29) is 22.9 Å². The summed E-state index contributed by atoms with van der Waals surface area (Å²) in [5.41, 5.74) is 1.64. The number of nitrogens with zero attached hydrogens (tertiary/aromatic N) is 1. The average Bonchev–Trinajstić information content (AvgIpc) is 2.47. The van der Waals surface area contributed by atoms with Crippen molar-refractivity contribution in [1.29, 1.82) is 0 Å². The predicted molar refractivity (Wildman–Crippen MR) is 78.5 cm³/mol. The van der Waals surface area contributed by atoms with Gasteiger partial charge >= 0.3 is 0 Å². The van der Waals surface area contributed by atoms with Crippen molar-refractivity contribution in [3.8, 4) is 0 Å². The lowest BCUT2D eigenvalue weighted by Crippen LogP contribution is -2.28. The number of hydrogen-bond acceptors (Lipinski definition) is 2. The van der Waals surface area contributed by atoms with Crippen molar-refractivity contribution in [2.24, 2.45) is 0 Å². The molecule has 1 aromatic carbocycles. The minimum absolute atomic E-state index is 0.0177. The number of benzene rings is 1. The fraction of sp³-hybridized carbons (Fsp3) is 0.250. The molecule has 0 N–H and O–H groups in total. The van der Waals surface area contributed by atoms with E-state index < -0.39 is 5.82 Å². The zero-order valence-electron chi connectivity index (χ0n) is 11.2. The van der Waals surface area contributed by atoms with Crippen molar-refractivity contribution in [3.05, 3.63) is 68.3 Å². The van der Waals surface area contributed by atoms with Crippen LogP contribution in [-0.4, -0.2) is 10.4 Å². The highest BCUT2D eigenvalue weighted by Gasteiger charge is 2.21. The molecule has 0 bridgehead atoms. The Hall–Kier alpha value is -1.94. The molecular formula is C16H13ClFNO2. The van der Waals surface area contributed by atoms with Gasteiger partial charge in [-0.1, -0.05) is 23.7 Å². The Morgan fingerprint density at radius 3 is 2.76 bits per heavy atom. The SMILES string of the molecule is O=C1CCCc2c1ccc(=O)n2Cc1cccc(F)c1Cl. The smallest absolute Gasteiger partial charge is 0.251 e. The third-order valence-corrected chi connectivity index (χ3v) is 4.20. The van der Waals surface area contributed by atoms with Gasteiger partial charge in [0.1, 0.15) is 5.82 Å². The van der Waals surface area contributed by atoms with Crippen LogP contribution in [0.1, 0.15) is 34.5 Å². The van der Waals surface area contributed by atoms with Crippen molar-refractivity contribution < 1.29 is 9.18 Å². The van der Waals surface area contributed by atoms with E-state index in [0.29, 0.717) is 24.0 Å². The zero-order valence-corrected chi connectivity index (χ0v) is 12.0. The first-order chi connectivity index (χ1) is 10.1. The first kappa shape index (κ1) is 14.0. The Kier molecular flexibility index (Phi) is 3.64. The highest BCUT2D eigenvalue weighted by atomic mass is 35.5. The maximum Gasteiger partial charge on any atom is 0.251 e. The number of fused-ring (bicyclic) bond motifs is 1. The summed E-state index contributed by atoms with van der Waals surface area (Å²) in [6.45, 7) is 0.172. The van der Waals surface area contributed by atoms with Crippen LogP contribution < -0.4 is 5.56 Å². The summed E-state index contributed by atoms with van der Waals surface area (Å²) in [5, 5.41) is 0.0177. The lowest BCUT2D eigenvalue weighted by Gasteiger charge is -2.20. The van der Waals surface area contributed by atoms with Crippen LogP contribution >= 0.6 is 11.6 Å². The van der Waals surface area contributed by atoms with Crippen LogP contribution in [0, 0.1) is 5.82 Å². The lowest BCUT2D eigenvalue weighted by molar-refractivity contribution is 0.0970. The largest absolute Gasteiger partial charge is 0.307 e.